The summed E-state index contributed by atoms with van der Waals surface area (Å²) in [7, 11) is 2.08. The van der Waals surface area contributed by atoms with E-state index < -0.39 is 0 Å². The number of para-hydroxylation sites is 1. The molecular weight excluding hydrogens is 366 g/mol. The summed E-state index contributed by atoms with van der Waals surface area (Å²) < 4.78 is 5.56. The summed E-state index contributed by atoms with van der Waals surface area (Å²) in [6, 6.07) is 13.4. The van der Waals surface area contributed by atoms with Crippen molar-refractivity contribution in [1.29, 1.82) is 0 Å². The van der Waals surface area contributed by atoms with Gasteiger partial charge < -0.3 is 19.4 Å². The minimum atomic E-state index is -0.280. The lowest BCUT2D eigenvalue weighted by Crippen LogP contribution is -2.47. The van der Waals surface area contributed by atoms with E-state index in [0.29, 0.717) is 25.2 Å². The van der Waals surface area contributed by atoms with Crippen molar-refractivity contribution in [3.63, 3.8) is 0 Å². The van der Waals surface area contributed by atoms with Crippen LogP contribution in [0.4, 0.5) is 5.69 Å². The molecule has 6 heteroatoms. The summed E-state index contributed by atoms with van der Waals surface area (Å²) in [5, 5.41) is 0. The second-order valence-corrected chi connectivity index (χ2v) is 8.12. The Morgan fingerprint density at radius 3 is 2.45 bits per heavy atom. The normalized spacial score (nSPS) is 21.4. The van der Waals surface area contributed by atoms with Crippen LogP contribution < -0.4 is 4.90 Å². The lowest BCUT2D eigenvalue weighted by atomic mass is 9.96. The molecule has 5 rings (SSSR count). The number of piperazine rings is 1. The van der Waals surface area contributed by atoms with Crippen LogP contribution in [0, 0.1) is 0 Å². The van der Waals surface area contributed by atoms with Gasteiger partial charge in [-0.3, -0.25) is 9.59 Å². The van der Waals surface area contributed by atoms with E-state index in [1.807, 2.05) is 41.3 Å². The number of rotatable bonds is 3. The molecule has 0 aliphatic carbocycles. The van der Waals surface area contributed by atoms with E-state index >= 15 is 0 Å². The first kappa shape index (κ1) is 18.3. The lowest BCUT2D eigenvalue weighted by molar-refractivity contribution is -0.133. The molecule has 150 valence electrons. The highest BCUT2D eigenvalue weighted by atomic mass is 16.5. The second-order valence-electron chi connectivity index (χ2n) is 8.12. The Bertz CT molecular complexity index is 951. The Kier molecular flexibility index (Phi) is 4.60. The van der Waals surface area contributed by atoms with Gasteiger partial charge in [0.05, 0.1) is 25.7 Å². The van der Waals surface area contributed by atoms with E-state index in [-0.39, 0.29) is 17.9 Å². The number of amides is 2. The molecule has 0 bridgehead atoms. The van der Waals surface area contributed by atoms with E-state index in [0.717, 1.165) is 48.6 Å². The Balaban J connectivity index is 1.50. The molecule has 0 saturated carbocycles. The van der Waals surface area contributed by atoms with Crippen molar-refractivity contribution in [2.75, 3.05) is 38.1 Å². The second kappa shape index (κ2) is 7.28. The number of likely N-dealkylation sites (N-methyl/N-ethyl adjacent to an activating group) is 1. The number of benzene rings is 2. The van der Waals surface area contributed by atoms with Gasteiger partial charge in [0.2, 0.25) is 5.91 Å². The highest BCUT2D eigenvalue weighted by Gasteiger charge is 2.40. The zero-order chi connectivity index (χ0) is 20.0. The standard InChI is InChI=1S/C23H25N3O3/c1-24-7-9-25(10-8-24)22(27)13-21-19-11-16-14-29-15-17(16)12-20(19)23(28)26(21)18-5-3-2-4-6-18/h2-6,11-12,21H,7-10,13-15H2,1H3. The molecule has 1 unspecified atom stereocenters. The van der Waals surface area contributed by atoms with Crippen LogP contribution in [0.25, 0.3) is 0 Å². The molecule has 2 aromatic carbocycles. The predicted octanol–water partition coefficient (Wildman–Crippen LogP) is 2.58. The van der Waals surface area contributed by atoms with Crippen LogP contribution in [0.1, 0.15) is 39.5 Å². The van der Waals surface area contributed by atoms with Gasteiger partial charge in [-0.25, -0.2) is 0 Å². The van der Waals surface area contributed by atoms with Crippen LogP contribution in [0.3, 0.4) is 0 Å². The largest absolute Gasteiger partial charge is 0.372 e. The third-order valence-corrected chi connectivity index (χ3v) is 6.27. The van der Waals surface area contributed by atoms with Crippen LogP contribution in [0.15, 0.2) is 42.5 Å². The molecule has 0 spiro atoms. The number of carbonyl (C=O) groups is 2. The predicted molar refractivity (Wildman–Crippen MR) is 110 cm³/mol. The molecule has 3 aliphatic rings. The Labute approximate surface area is 170 Å². The van der Waals surface area contributed by atoms with Crippen LogP contribution in [0.2, 0.25) is 0 Å². The summed E-state index contributed by atoms with van der Waals surface area (Å²) >= 11 is 0. The van der Waals surface area contributed by atoms with Crippen molar-refractivity contribution < 1.29 is 14.3 Å². The molecule has 2 amide bonds. The molecule has 3 aliphatic heterocycles. The van der Waals surface area contributed by atoms with Gasteiger partial charge in [0.15, 0.2) is 0 Å². The summed E-state index contributed by atoms with van der Waals surface area (Å²) in [6.07, 6.45) is 0.303. The van der Waals surface area contributed by atoms with Gasteiger partial charge in [0.25, 0.3) is 5.91 Å². The summed E-state index contributed by atoms with van der Waals surface area (Å²) in [5.74, 6) is 0.0820. The fourth-order valence-corrected chi connectivity index (χ4v) is 4.56. The monoisotopic (exact) mass is 391 g/mol. The lowest BCUT2D eigenvalue weighted by Gasteiger charge is -2.34. The van der Waals surface area contributed by atoms with Crippen molar-refractivity contribution in [1.82, 2.24) is 9.80 Å². The van der Waals surface area contributed by atoms with Crippen LogP contribution in [-0.4, -0.2) is 54.8 Å². The van der Waals surface area contributed by atoms with Crippen LogP contribution in [0.5, 0.6) is 0 Å². The van der Waals surface area contributed by atoms with Crippen LogP contribution >= 0.6 is 0 Å². The van der Waals surface area contributed by atoms with Gasteiger partial charge in [-0.05, 0) is 41.9 Å². The summed E-state index contributed by atoms with van der Waals surface area (Å²) in [4.78, 5) is 32.5. The molecule has 0 aromatic heterocycles. The number of fused-ring (bicyclic) bond motifs is 2. The molecule has 1 saturated heterocycles. The first-order valence-electron chi connectivity index (χ1n) is 10.2. The molecular formula is C23H25N3O3. The number of anilines is 1. The van der Waals surface area contributed by atoms with Gasteiger partial charge in [-0.1, -0.05) is 24.3 Å². The van der Waals surface area contributed by atoms with E-state index in [1.54, 1.807) is 4.90 Å². The molecule has 2 aromatic rings. The van der Waals surface area contributed by atoms with E-state index in [2.05, 4.69) is 18.0 Å². The van der Waals surface area contributed by atoms with Crippen molar-refractivity contribution in [2.45, 2.75) is 25.7 Å². The van der Waals surface area contributed by atoms with Crippen molar-refractivity contribution >= 4 is 17.5 Å². The molecule has 1 fully saturated rings. The number of ether oxygens (including phenoxy) is 1. The molecule has 0 N–H and O–H groups in total. The first-order valence-corrected chi connectivity index (χ1v) is 10.2. The van der Waals surface area contributed by atoms with Gasteiger partial charge >= 0.3 is 0 Å². The SMILES string of the molecule is CN1CCN(C(=O)CC2c3cc4c(cc3C(=O)N2c2ccccc2)COC4)CC1. The molecule has 3 heterocycles. The number of hydrogen-bond donors (Lipinski definition) is 0. The highest BCUT2D eigenvalue weighted by molar-refractivity contribution is 6.11. The Morgan fingerprint density at radius 1 is 1.03 bits per heavy atom. The quantitative estimate of drug-likeness (QED) is 0.807. The van der Waals surface area contributed by atoms with Crippen molar-refractivity contribution in [3.8, 4) is 0 Å². The van der Waals surface area contributed by atoms with Crippen LogP contribution in [-0.2, 0) is 22.7 Å². The minimum Gasteiger partial charge on any atom is -0.372 e. The Hall–Kier alpha value is -2.70. The zero-order valence-corrected chi connectivity index (χ0v) is 16.6. The van der Waals surface area contributed by atoms with Crippen molar-refractivity contribution in [2.24, 2.45) is 0 Å². The van der Waals surface area contributed by atoms with Gasteiger partial charge in [-0.2, -0.15) is 0 Å². The van der Waals surface area contributed by atoms with E-state index in [1.165, 1.54) is 0 Å². The zero-order valence-electron chi connectivity index (χ0n) is 16.6. The number of nitrogens with zero attached hydrogens (tertiary/aromatic N) is 3. The maximum Gasteiger partial charge on any atom is 0.259 e. The van der Waals surface area contributed by atoms with E-state index in [4.69, 9.17) is 4.74 Å². The van der Waals surface area contributed by atoms with Crippen molar-refractivity contribution in [3.05, 3.63) is 64.7 Å². The first-order chi connectivity index (χ1) is 14.1. The van der Waals surface area contributed by atoms with Gasteiger partial charge in [0.1, 0.15) is 0 Å². The molecule has 0 radical (unpaired) electrons. The summed E-state index contributed by atoms with van der Waals surface area (Å²) in [6.45, 7) is 4.38. The molecule has 1 atom stereocenters. The third kappa shape index (κ3) is 3.22. The fourth-order valence-electron chi connectivity index (χ4n) is 4.56. The third-order valence-electron chi connectivity index (χ3n) is 6.27. The minimum absolute atomic E-state index is 0.0305. The maximum atomic E-state index is 13.4. The van der Waals surface area contributed by atoms with E-state index in [9.17, 15) is 9.59 Å². The maximum absolute atomic E-state index is 13.4. The average Bonchev–Trinajstić information content (AvgIpc) is 3.30. The Morgan fingerprint density at radius 2 is 1.72 bits per heavy atom. The fraction of sp³-hybridized carbons (Fsp3) is 0.391. The van der Waals surface area contributed by atoms with Gasteiger partial charge in [0, 0.05) is 37.4 Å². The smallest absolute Gasteiger partial charge is 0.259 e. The molecule has 29 heavy (non-hydrogen) atoms. The average molecular weight is 391 g/mol. The van der Waals surface area contributed by atoms with Gasteiger partial charge in [-0.15, -0.1) is 0 Å². The summed E-state index contributed by atoms with van der Waals surface area (Å²) in [5.41, 5.74) is 4.70. The molecule has 6 nitrogen and oxygen atoms in total. The number of hydrogen-bond acceptors (Lipinski definition) is 4. The highest BCUT2D eigenvalue weighted by Crippen LogP contribution is 2.42. The topological polar surface area (TPSA) is 53.1 Å². The number of carbonyl (C=O) groups excluding carboxylic acids is 2.